The van der Waals surface area contributed by atoms with E-state index in [0.717, 1.165) is 50.2 Å². The normalized spacial score (nSPS) is 11.9. The van der Waals surface area contributed by atoms with Crippen LogP contribution in [-0.2, 0) is 26.5 Å². The molecule has 0 amide bonds. The summed E-state index contributed by atoms with van der Waals surface area (Å²) in [5.41, 5.74) is 9.70. The van der Waals surface area contributed by atoms with Crippen LogP contribution in [0.25, 0.3) is 66.5 Å². The van der Waals surface area contributed by atoms with E-state index < -0.39 is 0 Å². The van der Waals surface area contributed by atoms with Gasteiger partial charge in [-0.05, 0) is 53.9 Å². The number of hydrogen-bond acceptors (Lipinski definition) is 2. The molecule has 0 spiro atoms. The molecule has 0 saturated carbocycles. The fraction of sp³-hybridized carbons (Fsp3) is 0.128. The SMILES string of the molecule is Cc1ccccc1-c1[c-]c(-n2c3ccccc3c3cc4c5ccccc5n(-c5cc(C(C)(C)C)ccn5)c4nc32)ccc1.[Pt]. The molecule has 0 fully saturated rings. The van der Waals surface area contributed by atoms with Crippen molar-refractivity contribution >= 4 is 43.9 Å². The van der Waals surface area contributed by atoms with Crippen molar-refractivity contribution in [3.05, 3.63) is 133 Å². The molecule has 4 heterocycles. The van der Waals surface area contributed by atoms with Crippen LogP contribution in [0.4, 0.5) is 0 Å². The molecule has 8 aromatic rings. The van der Waals surface area contributed by atoms with Gasteiger partial charge in [-0.3, -0.25) is 4.57 Å². The predicted molar refractivity (Wildman–Crippen MR) is 178 cm³/mol. The fourth-order valence-corrected chi connectivity index (χ4v) is 6.35. The third-order valence-electron chi connectivity index (χ3n) is 8.57. The number of fused-ring (bicyclic) bond motifs is 6. The molecule has 0 aliphatic carbocycles. The second-order valence-electron chi connectivity index (χ2n) is 12.4. The van der Waals surface area contributed by atoms with E-state index in [2.05, 4.69) is 152 Å². The van der Waals surface area contributed by atoms with E-state index >= 15 is 0 Å². The Labute approximate surface area is 271 Å². The first-order valence-corrected chi connectivity index (χ1v) is 14.8. The van der Waals surface area contributed by atoms with Crippen molar-refractivity contribution in [2.75, 3.05) is 0 Å². The topological polar surface area (TPSA) is 35.6 Å². The smallest absolute Gasteiger partial charge is 0.149 e. The first kappa shape index (κ1) is 28.3. The molecule has 4 nitrogen and oxygen atoms in total. The Bertz CT molecular complexity index is 2350. The van der Waals surface area contributed by atoms with Crippen LogP contribution in [0, 0.1) is 13.0 Å². The van der Waals surface area contributed by atoms with E-state index in [1.54, 1.807) is 0 Å². The van der Waals surface area contributed by atoms with Crippen molar-refractivity contribution in [2.24, 2.45) is 0 Å². The molecule has 0 bridgehead atoms. The Hall–Kier alpha value is -4.53. The third kappa shape index (κ3) is 4.40. The molecular formula is C39H31N4Pt-. The summed E-state index contributed by atoms with van der Waals surface area (Å²) in [5.74, 6) is 0.876. The molecule has 8 rings (SSSR count). The van der Waals surface area contributed by atoms with Crippen LogP contribution < -0.4 is 0 Å². The maximum absolute atomic E-state index is 5.48. The molecule has 0 radical (unpaired) electrons. The van der Waals surface area contributed by atoms with Crippen molar-refractivity contribution in [3.8, 4) is 22.6 Å². The molecule has 4 aromatic carbocycles. The van der Waals surface area contributed by atoms with Crippen LogP contribution in [0.5, 0.6) is 0 Å². The van der Waals surface area contributed by atoms with Gasteiger partial charge in [0.2, 0.25) is 0 Å². The molecule has 0 N–H and O–H groups in total. The summed E-state index contributed by atoms with van der Waals surface area (Å²) in [6, 6.07) is 42.3. The van der Waals surface area contributed by atoms with Gasteiger partial charge in [0.15, 0.2) is 0 Å². The quantitative estimate of drug-likeness (QED) is 0.169. The van der Waals surface area contributed by atoms with E-state index in [9.17, 15) is 0 Å². The van der Waals surface area contributed by atoms with E-state index in [4.69, 9.17) is 9.97 Å². The summed E-state index contributed by atoms with van der Waals surface area (Å²) in [6.45, 7) is 8.86. The zero-order valence-corrected chi connectivity index (χ0v) is 27.3. The molecule has 0 saturated heterocycles. The molecule has 4 aromatic heterocycles. The Morgan fingerprint density at radius 3 is 1.98 bits per heavy atom. The molecule has 0 atom stereocenters. The van der Waals surface area contributed by atoms with Gasteiger partial charge in [0.1, 0.15) is 17.1 Å². The number of nitrogens with zero attached hydrogens (tertiary/aromatic N) is 4. The van der Waals surface area contributed by atoms with Gasteiger partial charge in [-0.15, -0.1) is 29.8 Å². The van der Waals surface area contributed by atoms with E-state index in [-0.39, 0.29) is 26.5 Å². The summed E-state index contributed by atoms with van der Waals surface area (Å²) < 4.78 is 4.47. The maximum atomic E-state index is 5.48. The minimum absolute atomic E-state index is 0. The van der Waals surface area contributed by atoms with Gasteiger partial charge < -0.3 is 4.57 Å². The number of benzene rings is 4. The van der Waals surface area contributed by atoms with Crippen molar-refractivity contribution in [2.45, 2.75) is 33.1 Å². The summed E-state index contributed by atoms with van der Waals surface area (Å²) in [5, 5.41) is 4.58. The van der Waals surface area contributed by atoms with Crippen LogP contribution in [-0.4, -0.2) is 19.1 Å². The predicted octanol–water partition coefficient (Wildman–Crippen LogP) is 9.74. The van der Waals surface area contributed by atoms with E-state index in [1.165, 1.54) is 27.5 Å². The van der Waals surface area contributed by atoms with Crippen molar-refractivity contribution in [3.63, 3.8) is 0 Å². The van der Waals surface area contributed by atoms with Gasteiger partial charge in [-0.2, -0.15) is 0 Å². The number of pyridine rings is 2. The summed E-state index contributed by atoms with van der Waals surface area (Å²) in [7, 11) is 0. The van der Waals surface area contributed by atoms with Crippen LogP contribution in [0.3, 0.4) is 0 Å². The minimum atomic E-state index is 0. The second-order valence-corrected chi connectivity index (χ2v) is 12.4. The molecule has 218 valence electrons. The molecular weight excluding hydrogens is 720 g/mol. The average Bonchev–Trinajstić information content (AvgIpc) is 3.52. The average molecular weight is 751 g/mol. The zero-order valence-electron chi connectivity index (χ0n) is 25.1. The van der Waals surface area contributed by atoms with E-state index in [1.807, 2.05) is 6.20 Å². The van der Waals surface area contributed by atoms with Gasteiger partial charge in [-0.1, -0.05) is 92.6 Å². The largest absolute Gasteiger partial charge is 0.312 e. The van der Waals surface area contributed by atoms with Gasteiger partial charge in [0, 0.05) is 48.8 Å². The monoisotopic (exact) mass is 750 g/mol. The number of rotatable bonds is 3. The molecule has 5 heteroatoms. The number of hydrogen-bond donors (Lipinski definition) is 0. The molecule has 0 aliphatic rings. The first-order valence-electron chi connectivity index (χ1n) is 14.8. The molecule has 44 heavy (non-hydrogen) atoms. The standard InChI is InChI=1S/C39H31N4.Pt/c1-25-12-5-6-15-29(25)26-13-11-14-28(22-26)42-34-18-9-7-16-30(34)32-24-33-31-17-8-10-19-35(31)43(38(33)41-37(32)42)36-23-27(20-21-40-36)39(2,3)4;/h5-21,23-24H,1-4H3;/q-1;. The van der Waals surface area contributed by atoms with Crippen LogP contribution in [0.15, 0.2) is 115 Å². The zero-order chi connectivity index (χ0) is 29.3. The van der Waals surface area contributed by atoms with Crippen LogP contribution in [0.2, 0.25) is 0 Å². The van der Waals surface area contributed by atoms with Crippen molar-refractivity contribution < 1.29 is 21.1 Å². The number of aromatic nitrogens is 4. The van der Waals surface area contributed by atoms with Gasteiger partial charge in [0.25, 0.3) is 0 Å². The van der Waals surface area contributed by atoms with Crippen LogP contribution in [0.1, 0.15) is 31.9 Å². The molecule has 0 unspecified atom stereocenters. The van der Waals surface area contributed by atoms with Gasteiger partial charge in [-0.25, -0.2) is 9.97 Å². The fourth-order valence-electron chi connectivity index (χ4n) is 6.35. The van der Waals surface area contributed by atoms with Gasteiger partial charge in [0.05, 0.1) is 11.0 Å². The number of aryl methyl sites for hydroxylation is 1. The minimum Gasteiger partial charge on any atom is -0.312 e. The van der Waals surface area contributed by atoms with Crippen LogP contribution >= 0.6 is 0 Å². The summed E-state index contributed by atoms with van der Waals surface area (Å²) in [6.07, 6.45) is 1.91. The second kappa shape index (κ2) is 10.6. The van der Waals surface area contributed by atoms with Gasteiger partial charge >= 0.3 is 0 Å². The Kier molecular flexibility index (Phi) is 6.79. The Balaban J connectivity index is 0.00000312. The third-order valence-corrected chi connectivity index (χ3v) is 8.57. The summed E-state index contributed by atoms with van der Waals surface area (Å²) >= 11 is 0. The van der Waals surface area contributed by atoms with Crippen molar-refractivity contribution in [1.82, 2.24) is 19.1 Å². The first-order chi connectivity index (χ1) is 20.9. The summed E-state index contributed by atoms with van der Waals surface area (Å²) in [4.78, 5) is 10.3. The number of para-hydroxylation sites is 2. The molecule has 0 aliphatic heterocycles. The van der Waals surface area contributed by atoms with Crippen molar-refractivity contribution in [1.29, 1.82) is 0 Å². The van der Waals surface area contributed by atoms with E-state index in [0.29, 0.717) is 0 Å². The Morgan fingerprint density at radius 1 is 0.636 bits per heavy atom. The Morgan fingerprint density at radius 2 is 1.27 bits per heavy atom. The maximum Gasteiger partial charge on any atom is 0.149 e.